The van der Waals surface area contributed by atoms with Gasteiger partial charge < -0.3 is 11.1 Å². The molecule has 1 aliphatic rings. The van der Waals surface area contributed by atoms with Crippen molar-refractivity contribution in [3.05, 3.63) is 18.1 Å². The van der Waals surface area contributed by atoms with Crippen LogP contribution in [0.3, 0.4) is 0 Å². The molecule has 0 radical (unpaired) electrons. The Kier molecular flexibility index (Phi) is 2.40. The zero-order valence-electron chi connectivity index (χ0n) is 7.53. The van der Waals surface area contributed by atoms with Crippen molar-refractivity contribution in [3.8, 4) is 0 Å². The zero-order chi connectivity index (χ0) is 9.10. The summed E-state index contributed by atoms with van der Waals surface area (Å²) < 4.78 is 0. The molecule has 70 valence electrons. The number of hydrogen-bond donors (Lipinski definition) is 2. The molecule has 0 aliphatic heterocycles. The summed E-state index contributed by atoms with van der Waals surface area (Å²) >= 11 is 0. The molecule has 1 aliphatic carbocycles. The van der Waals surface area contributed by atoms with Crippen LogP contribution in [0.15, 0.2) is 12.3 Å². The van der Waals surface area contributed by atoms with Gasteiger partial charge in [0.2, 0.25) is 0 Å². The maximum Gasteiger partial charge on any atom is 0.131 e. The van der Waals surface area contributed by atoms with E-state index < -0.39 is 0 Å². The van der Waals surface area contributed by atoms with Crippen LogP contribution in [0.2, 0.25) is 0 Å². The number of nitrogens with zero attached hydrogens (tertiary/aromatic N) is 2. The fourth-order valence-corrected chi connectivity index (χ4v) is 1.17. The van der Waals surface area contributed by atoms with Gasteiger partial charge in [0.25, 0.3) is 0 Å². The molecule has 1 aromatic heterocycles. The highest BCUT2D eigenvalue weighted by Crippen LogP contribution is 2.23. The van der Waals surface area contributed by atoms with Gasteiger partial charge in [-0.3, -0.25) is 0 Å². The van der Waals surface area contributed by atoms with Crippen LogP contribution in [0, 0.1) is 0 Å². The summed E-state index contributed by atoms with van der Waals surface area (Å²) in [5, 5.41) is 3.32. The minimum absolute atomic E-state index is 0.604. The van der Waals surface area contributed by atoms with Crippen LogP contribution in [0.1, 0.15) is 18.7 Å². The van der Waals surface area contributed by atoms with Crippen LogP contribution < -0.4 is 11.1 Å². The van der Waals surface area contributed by atoms with Crippen molar-refractivity contribution in [2.75, 3.05) is 11.9 Å². The van der Waals surface area contributed by atoms with E-state index in [1.54, 1.807) is 6.20 Å². The molecule has 0 atom stereocenters. The predicted octanol–water partition coefficient (Wildman–Crippen LogP) is 0.552. The fourth-order valence-electron chi connectivity index (χ4n) is 1.17. The van der Waals surface area contributed by atoms with Crippen LogP contribution >= 0.6 is 0 Å². The molecule has 4 nitrogen and oxygen atoms in total. The molecular weight excluding hydrogens is 164 g/mol. The average Bonchev–Trinajstić information content (AvgIpc) is 2.90. The van der Waals surface area contributed by atoms with Gasteiger partial charge in [0.15, 0.2) is 0 Å². The molecule has 0 spiro atoms. The smallest absolute Gasteiger partial charge is 0.131 e. The summed E-state index contributed by atoms with van der Waals surface area (Å²) in [6.07, 6.45) is 5.05. The summed E-state index contributed by atoms with van der Waals surface area (Å²) in [5.74, 6) is 1.76. The van der Waals surface area contributed by atoms with Crippen molar-refractivity contribution in [2.45, 2.75) is 25.3 Å². The van der Waals surface area contributed by atoms with Gasteiger partial charge in [0.05, 0.1) is 0 Å². The second kappa shape index (κ2) is 3.70. The first-order valence-corrected chi connectivity index (χ1v) is 4.67. The van der Waals surface area contributed by atoms with Gasteiger partial charge in [0, 0.05) is 18.7 Å². The highest BCUT2D eigenvalue weighted by Gasteiger charge is 2.21. The molecule has 0 amide bonds. The zero-order valence-corrected chi connectivity index (χ0v) is 7.53. The molecule has 3 N–H and O–H groups in total. The van der Waals surface area contributed by atoms with Gasteiger partial charge in [-0.05, 0) is 25.5 Å². The van der Waals surface area contributed by atoms with Crippen molar-refractivity contribution in [1.82, 2.24) is 9.97 Å². The molecule has 2 rings (SSSR count). The number of aromatic nitrogens is 2. The van der Waals surface area contributed by atoms with Crippen molar-refractivity contribution in [1.29, 1.82) is 0 Å². The number of nitrogens with two attached hydrogens (primary N) is 1. The largest absolute Gasteiger partial charge is 0.367 e. The molecule has 0 aromatic carbocycles. The molecule has 0 bridgehead atoms. The SMILES string of the molecule is NCCc1nccc(NC2CC2)n1. The summed E-state index contributed by atoms with van der Waals surface area (Å²) in [5.41, 5.74) is 5.42. The Balaban J connectivity index is 2.02. The Hall–Kier alpha value is -1.16. The molecule has 1 heterocycles. The third-order valence-electron chi connectivity index (χ3n) is 2.00. The van der Waals surface area contributed by atoms with Crippen molar-refractivity contribution >= 4 is 5.82 Å². The van der Waals surface area contributed by atoms with Gasteiger partial charge in [0.1, 0.15) is 11.6 Å². The lowest BCUT2D eigenvalue weighted by molar-refractivity contribution is 0.865. The average molecular weight is 178 g/mol. The number of hydrogen-bond acceptors (Lipinski definition) is 4. The van der Waals surface area contributed by atoms with E-state index in [0.29, 0.717) is 12.6 Å². The molecular formula is C9H14N4. The second-order valence-electron chi connectivity index (χ2n) is 3.32. The van der Waals surface area contributed by atoms with Crippen molar-refractivity contribution in [2.24, 2.45) is 5.73 Å². The normalized spacial score (nSPS) is 15.8. The quantitative estimate of drug-likeness (QED) is 0.706. The van der Waals surface area contributed by atoms with Gasteiger partial charge in [-0.15, -0.1) is 0 Å². The van der Waals surface area contributed by atoms with Gasteiger partial charge in [-0.2, -0.15) is 0 Å². The number of anilines is 1. The molecule has 0 unspecified atom stereocenters. The van der Waals surface area contributed by atoms with Crippen LogP contribution in [-0.2, 0) is 6.42 Å². The summed E-state index contributed by atoms with van der Waals surface area (Å²) in [6, 6.07) is 2.54. The lowest BCUT2D eigenvalue weighted by atomic mass is 10.4. The highest BCUT2D eigenvalue weighted by molar-refractivity contribution is 5.35. The van der Waals surface area contributed by atoms with E-state index in [0.717, 1.165) is 18.1 Å². The summed E-state index contributed by atoms with van der Waals surface area (Å²) in [6.45, 7) is 0.604. The maximum atomic E-state index is 5.42. The van der Waals surface area contributed by atoms with Gasteiger partial charge in [-0.25, -0.2) is 9.97 Å². The fraction of sp³-hybridized carbons (Fsp3) is 0.556. The predicted molar refractivity (Wildman–Crippen MR) is 51.4 cm³/mol. The monoisotopic (exact) mass is 178 g/mol. The lowest BCUT2D eigenvalue weighted by Crippen LogP contribution is -2.09. The molecule has 1 saturated carbocycles. The molecule has 0 saturated heterocycles. The Morgan fingerprint density at radius 1 is 1.54 bits per heavy atom. The Labute approximate surface area is 77.6 Å². The first-order valence-electron chi connectivity index (χ1n) is 4.67. The Morgan fingerprint density at radius 2 is 2.38 bits per heavy atom. The molecule has 1 fully saturated rings. The minimum Gasteiger partial charge on any atom is -0.367 e. The first-order chi connectivity index (χ1) is 6.38. The summed E-state index contributed by atoms with van der Waals surface area (Å²) in [7, 11) is 0. The number of rotatable bonds is 4. The molecule has 13 heavy (non-hydrogen) atoms. The van der Waals surface area contributed by atoms with E-state index in [1.807, 2.05) is 6.07 Å². The van der Waals surface area contributed by atoms with E-state index >= 15 is 0 Å². The third kappa shape index (κ3) is 2.39. The second-order valence-corrected chi connectivity index (χ2v) is 3.32. The number of nitrogens with one attached hydrogen (secondary N) is 1. The van der Waals surface area contributed by atoms with Gasteiger partial charge >= 0.3 is 0 Å². The third-order valence-corrected chi connectivity index (χ3v) is 2.00. The van der Waals surface area contributed by atoms with E-state index in [-0.39, 0.29) is 0 Å². The highest BCUT2D eigenvalue weighted by atomic mass is 15.1. The maximum absolute atomic E-state index is 5.42. The topological polar surface area (TPSA) is 63.8 Å². The lowest BCUT2D eigenvalue weighted by Gasteiger charge is -2.04. The van der Waals surface area contributed by atoms with Crippen LogP contribution in [0.4, 0.5) is 5.82 Å². The molecule has 4 heteroatoms. The van der Waals surface area contributed by atoms with Gasteiger partial charge in [-0.1, -0.05) is 0 Å². The van der Waals surface area contributed by atoms with E-state index in [1.165, 1.54) is 12.8 Å². The van der Waals surface area contributed by atoms with E-state index in [9.17, 15) is 0 Å². The van der Waals surface area contributed by atoms with Crippen LogP contribution in [0.5, 0.6) is 0 Å². The molecule has 1 aromatic rings. The standard InChI is InChI=1S/C9H14N4/c10-5-3-8-11-6-4-9(13-8)12-7-1-2-7/h4,6-7H,1-3,5,10H2,(H,11,12,13). The van der Waals surface area contributed by atoms with Crippen molar-refractivity contribution < 1.29 is 0 Å². The summed E-state index contributed by atoms with van der Waals surface area (Å²) in [4.78, 5) is 8.47. The van der Waals surface area contributed by atoms with E-state index in [4.69, 9.17) is 5.73 Å². The Bertz CT molecular complexity index is 283. The van der Waals surface area contributed by atoms with Crippen LogP contribution in [-0.4, -0.2) is 22.6 Å². The Morgan fingerprint density at radius 3 is 3.08 bits per heavy atom. The minimum atomic E-state index is 0.604. The van der Waals surface area contributed by atoms with E-state index in [2.05, 4.69) is 15.3 Å². The van der Waals surface area contributed by atoms with Crippen LogP contribution in [0.25, 0.3) is 0 Å². The first kappa shape index (κ1) is 8.44. The van der Waals surface area contributed by atoms with Crippen molar-refractivity contribution in [3.63, 3.8) is 0 Å².